The molecule has 0 aliphatic carbocycles. The first-order valence-electron chi connectivity index (χ1n) is 6.65. The van der Waals surface area contributed by atoms with Crippen molar-refractivity contribution in [2.24, 2.45) is 0 Å². The van der Waals surface area contributed by atoms with Crippen LogP contribution in [-0.4, -0.2) is 54.2 Å². The minimum absolute atomic E-state index is 0.167. The maximum absolute atomic E-state index is 13.8. The average molecular weight is 296 g/mol. The number of hydrogen-bond acceptors (Lipinski definition) is 4. The number of aromatic carboxylic acids is 1. The second-order valence-electron chi connectivity index (χ2n) is 4.77. The highest BCUT2D eigenvalue weighted by Gasteiger charge is 2.24. The summed E-state index contributed by atoms with van der Waals surface area (Å²) in [7, 11) is 0. The molecule has 21 heavy (non-hydrogen) atoms. The van der Waals surface area contributed by atoms with Crippen LogP contribution in [0.5, 0.6) is 0 Å². The number of carbonyl (C=O) groups excluding carboxylic acids is 1. The topological polar surface area (TPSA) is 78.9 Å². The molecule has 1 unspecified atom stereocenters. The first-order chi connectivity index (χ1) is 10.0. The molecule has 1 aliphatic heterocycles. The van der Waals surface area contributed by atoms with Gasteiger partial charge in [-0.3, -0.25) is 4.79 Å². The summed E-state index contributed by atoms with van der Waals surface area (Å²) < 4.78 is 19.0. The van der Waals surface area contributed by atoms with Crippen LogP contribution in [0.3, 0.4) is 0 Å². The minimum atomic E-state index is -1.25. The Balaban J connectivity index is 2.13. The number of para-hydroxylation sites is 1. The lowest BCUT2D eigenvalue weighted by Gasteiger charge is -2.30. The molecule has 1 aromatic carbocycles. The summed E-state index contributed by atoms with van der Waals surface area (Å²) in [6, 6.07) is 3.04. The largest absolute Gasteiger partial charge is 0.478 e. The van der Waals surface area contributed by atoms with E-state index in [1.54, 1.807) is 11.8 Å². The van der Waals surface area contributed by atoms with Crippen molar-refractivity contribution >= 4 is 17.6 Å². The molecule has 114 valence electrons. The number of carboxylic acid groups (broad SMARTS) is 1. The molecule has 0 spiro atoms. The predicted octanol–water partition coefficient (Wildman–Crippen LogP) is 1.18. The highest BCUT2D eigenvalue weighted by molar-refractivity contribution is 5.95. The van der Waals surface area contributed by atoms with Crippen molar-refractivity contribution in [3.05, 3.63) is 29.6 Å². The summed E-state index contributed by atoms with van der Waals surface area (Å²) in [5.74, 6) is -2.16. The van der Waals surface area contributed by atoms with E-state index in [1.807, 2.05) is 0 Å². The Kier molecular flexibility index (Phi) is 4.74. The molecule has 2 N–H and O–H groups in total. The Morgan fingerprint density at radius 1 is 1.38 bits per heavy atom. The molecule has 1 heterocycles. The van der Waals surface area contributed by atoms with Gasteiger partial charge in [-0.15, -0.1) is 0 Å². The molecular formula is C14H17FN2O4. The Morgan fingerprint density at radius 2 is 2.05 bits per heavy atom. The molecule has 1 saturated heterocycles. The maximum atomic E-state index is 13.8. The summed E-state index contributed by atoms with van der Waals surface area (Å²) in [4.78, 5) is 25.0. The summed E-state index contributed by atoms with van der Waals surface area (Å²) in [6.07, 6.45) is 0. The minimum Gasteiger partial charge on any atom is -0.478 e. The number of morpholine rings is 1. The van der Waals surface area contributed by atoms with E-state index in [1.165, 1.54) is 12.1 Å². The monoisotopic (exact) mass is 296 g/mol. The molecule has 1 atom stereocenters. The quantitative estimate of drug-likeness (QED) is 0.872. The zero-order valence-electron chi connectivity index (χ0n) is 11.6. The average Bonchev–Trinajstić information content (AvgIpc) is 2.49. The summed E-state index contributed by atoms with van der Waals surface area (Å²) in [5.41, 5.74) is -0.365. The smallest absolute Gasteiger partial charge is 0.337 e. The van der Waals surface area contributed by atoms with Gasteiger partial charge in [-0.05, 0) is 19.1 Å². The van der Waals surface area contributed by atoms with Crippen LogP contribution in [0, 0.1) is 5.82 Å². The lowest BCUT2D eigenvalue weighted by molar-refractivity contribution is -0.135. The normalized spacial score (nSPS) is 16.4. The fraction of sp³-hybridized carbons (Fsp3) is 0.429. The Bertz CT molecular complexity index is 544. The maximum Gasteiger partial charge on any atom is 0.337 e. The van der Waals surface area contributed by atoms with Crippen molar-refractivity contribution in [1.29, 1.82) is 0 Å². The molecule has 2 rings (SSSR count). The van der Waals surface area contributed by atoms with E-state index in [2.05, 4.69) is 5.32 Å². The Morgan fingerprint density at radius 3 is 2.67 bits per heavy atom. The van der Waals surface area contributed by atoms with Crippen LogP contribution in [0.15, 0.2) is 18.2 Å². The van der Waals surface area contributed by atoms with Gasteiger partial charge in [-0.2, -0.15) is 0 Å². The van der Waals surface area contributed by atoms with Crippen molar-refractivity contribution < 1.29 is 23.8 Å². The van der Waals surface area contributed by atoms with Gasteiger partial charge in [-0.25, -0.2) is 9.18 Å². The molecule has 7 heteroatoms. The molecule has 6 nitrogen and oxygen atoms in total. The molecule has 0 aromatic heterocycles. The number of anilines is 1. The molecular weight excluding hydrogens is 279 g/mol. The number of nitrogens with one attached hydrogen (secondary N) is 1. The van der Waals surface area contributed by atoms with Gasteiger partial charge in [0.2, 0.25) is 5.91 Å². The first kappa shape index (κ1) is 15.2. The fourth-order valence-corrected chi connectivity index (χ4v) is 2.18. The van der Waals surface area contributed by atoms with Gasteiger partial charge in [-0.1, -0.05) is 6.07 Å². The van der Waals surface area contributed by atoms with Crippen LogP contribution in [-0.2, 0) is 9.53 Å². The summed E-state index contributed by atoms with van der Waals surface area (Å²) in [6.45, 7) is 3.48. The SMILES string of the molecule is CC(Nc1c(F)cccc1C(=O)O)C(=O)N1CCOCC1. The van der Waals surface area contributed by atoms with Crippen LogP contribution in [0.1, 0.15) is 17.3 Å². The van der Waals surface area contributed by atoms with Gasteiger partial charge in [0.05, 0.1) is 24.5 Å². The fourth-order valence-electron chi connectivity index (χ4n) is 2.18. The van der Waals surface area contributed by atoms with Crippen molar-refractivity contribution in [1.82, 2.24) is 4.90 Å². The van der Waals surface area contributed by atoms with Crippen LogP contribution >= 0.6 is 0 Å². The van der Waals surface area contributed by atoms with Gasteiger partial charge in [0.15, 0.2) is 0 Å². The van der Waals surface area contributed by atoms with Crippen LogP contribution < -0.4 is 5.32 Å². The molecule has 0 bridgehead atoms. The van der Waals surface area contributed by atoms with Crippen molar-refractivity contribution in [3.8, 4) is 0 Å². The van der Waals surface area contributed by atoms with E-state index in [-0.39, 0.29) is 17.2 Å². The number of carbonyl (C=O) groups is 2. The number of nitrogens with zero attached hydrogens (tertiary/aromatic N) is 1. The summed E-state index contributed by atoms with van der Waals surface area (Å²) in [5, 5.41) is 11.7. The van der Waals surface area contributed by atoms with Crippen molar-refractivity contribution in [2.45, 2.75) is 13.0 Å². The number of carboxylic acids is 1. The highest BCUT2D eigenvalue weighted by atomic mass is 19.1. The van der Waals surface area contributed by atoms with E-state index in [0.29, 0.717) is 26.3 Å². The van der Waals surface area contributed by atoms with E-state index in [9.17, 15) is 14.0 Å². The van der Waals surface area contributed by atoms with Gasteiger partial charge in [0, 0.05) is 13.1 Å². The lowest BCUT2D eigenvalue weighted by atomic mass is 10.1. The number of halogens is 1. The molecule has 0 saturated carbocycles. The summed E-state index contributed by atoms with van der Waals surface area (Å²) >= 11 is 0. The van der Waals surface area contributed by atoms with Crippen LogP contribution in [0.25, 0.3) is 0 Å². The van der Waals surface area contributed by atoms with E-state index < -0.39 is 17.8 Å². The van der Waals surface area contributed by atoms with Gasteiger partial charge in [0.1, 0.15) is 11.9 Å². The number of rotatable bonds is 4. The van der Waals surface area contributed by atoms with Crippen LogP contribution in [0.4, 0.5) is 10.1 Å². The third kappa shape index (κ3) is 3.49. The van der Waals surface area contributed by atoms with E-state index in [4.69, 9.17) is 9.84 Å². The molecule has 1 aliphatic rings. The zero-order valence-corrected chi connectivity index (χ0v) is 11.6. The second-order valence-corrected chi connectivity index (χ2v) is 4.77. The lowest BCUT2D eigenvalue weighted by Crippen LogP contribution is -2.47. The van der Waals surface area contributed by atoms with Crippen molar-refractivity contribution in [3.63, 3.8) is 0 Å². The van der Waals surface area contributed by atoms with E-state index >= 15 is 0 Å². The predicted molar refractivity (Wildman–Crippen MR) is 73.8 cm³/mol. The van der Waals surface area contributed by atoms with Gasteiger partial charge >= 0.3 is 5.97 Å². The number of hydrogen-bond donors (Lipinski definition) is 2. The van der Waals surface area contributed by atoms with Crippen molar-refractivity contribution in [2.75, 3.05) is 31.6 Å². The Hall–Kier alpha value is -2.15. The molecule has 0 radical (unpaired) electrons. The Labute approximate surface area is 121 Å². The molecule has 1 aromatic rings. The third-order valence-corrected chi connectivity index (χ3v) is 3.30. The number of benzene rings is 1. The molecule has 1 fully saturated rings. The molecule has 1 amide bonds. The zero-order chi connectivity index (χ0) is 15.4. The van der Waals surface area contributed by atoms with Gasteiger partial charge < -0.3 is 20.1 Å². The van der Waals surface area contributed by atoms with Gasteiger partial charge in [0.25, 0.3) is 0 Å². The number of ether oxygens (including phenoxy) is 1. The standard InChI is InChI=1S/C14H17FN2O4/c1-9(13(18)17-5-7-21-8-6-17)16-12-10(14(19)20)3-2-4-11(12)15/h2-4,9,16H,5-8H2,1H3,(H,19,20). The van der Waals surface area contributed by atoms with E-state index in [0.717, 1.165) is 6.07 Å². The second kappa shape index (κ2) is 6.53. The third-order valence-electron chi connectivity index (χ3n) is 3.30. The first-order valence-corrected chi connectivity index (χ1v) is 6.65. The van der Waals surface area contributed by atoms with Crippen LogP contribution in [0.2, 0.25) is 0 Å². The highest BCUT2D eigenvalue weighted by Crippen LogP contribution is 2.21. The number of amides is 1.